The number of carbonyl (C=O) groups excluding carboxylic acids is 1. The predicted molar refractivity (Wildman–Crippen MR) is 159 cm³/mol. The van der Waals surface area contributed by atoms with Crippen molar-refractivity contribution in [2.75, 3.05) is 25.0 Å². The lowest BCUT2D eigenvalue weighted by atomic mass is 9.93. The lowest BCUT2D eigenvalue weighted by Crippen LogP contribution is -2.59. The molecular weight excluding hydrogens is 554 g/mol. The van der Waals surface area contributed by atoms with Crippen molar-refractivity contribution in [3.8, 4) is 11.1 Å². The van der Waals surface area contributed by atoms with Crippen LogP contribution in [0.4, 0.5) is 25.3 Å². The zero-order valence-corrected chi connectivity index (χ0v) is 25.2. The molecular formula is C31H36F2N8O2. The van der Waals surface area contributed by atoms with E-state index in [1.807, 2.05) is 51.0 Å². The molecule has 226 valence electrons. The third kappa shape index (κ3) is 5.75. The molecule has 0 radical (unpaired) electrons. The van der Waals surface area contributed by atoms with Gasteiger partial charge in [-0.15, -0.1) is 0 Å². The van der Waals surface area contributed by atoms with Crippen molar-refractivity contribution >= 4 is 28.9 Å². The normalized spacial score (nSPS) is 18.7. The van der Waals surface area contributed by atoms with E-state index in [1.165, 1.54) is 12.1 Å². The number of pyridine rings is 1. The molecule has 2 fully saturated rings. The van der Waals surface area contributed by atoms with Gasteiger partial charge in [0.2, 0.25) is 5.95 Å². The van der Waals surface area contributed by atoms with Crippen LogP contribution in [0.5, 0.6) is 0 Å². The highest BCUT2D eigenvalue weighted by Gasteiger charge is 2.48. The lowest BCUT2D eigenvalue weighted by molar-refractivity contribution is -0.0164. The Balaban J connectivity index is 1.13. The van der Waals surface area contributed by atoms with Crippen LogP contribution < -0.4 is 5.32 Å². The average Bonchev–Trinajstić information content (AvgIpc) is 3.41. The average molecular weight is 591 g/mol. The number of amides is 1. The van der Waals surface area contributed by atoms with Gasteiger partial charge < -0.3 is 19.5 Å². The summed E-state index contributed by atoms with van der Waals surface area (Å²) in [5.41, 5.74) is 1.88. The van der Waals surface area contributed by atoms with Crippen molar-refractivity contribution < 1.29 is 18.3 Å². The molecule has 1 amide bonds. The van der Waals surface area contributed by atoms with Gasteiger partial charge in [-0.2, -0.15) is 0 Å². The molecule has 0 unspecified atom stereocenters. The molecule has 10 nitrogen and oxygen atoms in total. The number of hydrogen-bond acceptors (Lipinski definition) is 8. The summed E-state index contributed by atoms with van der Waals surface area (Å²) in [6.45, 7) is 14.5. The summed E-state index contributed by atoms with van der Waals surface area (Å²) in [5, 5.41) is 3.03. The molecule has 0 spiro atoms. The van der Waals surface area contributed by atoms with Crippen molar-refractivity contribution in [2.45, 2.75) is 65.8 Å². The van der Waals surface area contributed by atoms with Gasteiger partial charge in [0.1, 0.15) is 28.6 Å². The minimum absolute atomic E-state index is 0.0619. The maximum atomic E-state index is 15.0. The Morgan fingerprint density at radius 1 is 1.05 bits per heavy atom. The number of anilines is 2. The molecule has 43 heavy (non-hydrogen) atoms. The SMILES string of the molecule is Cc1nc2c(F)cc(-c3cc(Nc4ncc(CN5C[C@@H]6CN(C(=O)OC(C)(C)C)[C@@H]6C5)cn4)ncc3F)cc2n1C(C)C. The second-order valence-corrected chi connectivity index (χ2v) is 12.7. The molecule has 0 saturated carbocycles. The summed E-state index contributed by atoms with van der Waals surface area (Å²) < 4.78 is 37.4. The fourth-order valence-corrected chi connectivity index (χ4v) is 6.06. The van der Waals surface area contributed by atoms with Gasteiger partial charge >= 0.3 is 6.09 Å². The molecule has 1 N–H and O–H groups in total. The smallest absolute Gasteiger partial charge is 0.410 e. The van der Waals surface area contributed by atoms with E-state index in [9.17, 15) is 9.18 Å². The lowest BCUT2D eigenvalue weighted by Gasteiger charge is -2.43. The number of hydrogen-bond donors (Lipinski definition) is 1. The van der Waals surface area contributed by atoms with E-state index in [4.69, 9.17) is 4.74 Å². The number of benzene rings is 1. The molecule has 2 atom stereocenters. The summed E-state index contributed by atoms with van der Waals surface area (Å²) in [6, 6.07) is 4.80. The van der Waals surface area contributed by atoms with E-state index in [1.54, 1.807) is 18.5 Å². The summed E-state index contributed by atoms with van der Waals surface area (Å²) >= 11 is 0. The van der Waals surface area contributed by atoms with Crippen LogP contribution >= 0.6 is 0 Å². The van der Waals surface area contributed by atoms with Gasteiger partial charge in [0.15, 0.2) is 5.82 Å². The number of aryl methyl sites for hydroxylation is 1. The third-order valence-electron chi connectivity index (χ3n) is 7.90. The van der Waals surface area contributed by atoms with Crippen LogP contribution in [0.3, 0.4) is 0 Å². The molecule has 2 aliphatic heterocycles. The van der Waals surface area contributed by atoms with Crippen LogP contribution in [0.15, 0.2) is 36.8 Å². The first kappa shape index (κ1) is 28.9. The Labute approximate surface area is 249 Å². The molecule has 4 aromatic rings. The Bertz CT molecular complexity index is 1680. The molecule has 12 heteroatoms. The molecule has 6 rings (SSSR count). The number of fused-ring (bicyclic) bond motifs is 2. The number of aromatic nitrogens is 5. The number of nitrogens with zero attached hydrogens (tertiary/aromatic N) is 7. The van der Waals surface area contributed by atoms with Crippen LogP contribution in [0.1, 0.15) is 52.0 Å². The quantitative estimate of drug-likeness (QED) is 0.299. The molecule has 1 aromatic carbocycles. The maximum absolute atomic E-state index is 15.0. The first-order valence-electron chi connectivity index (χ1n) is 14.5. The van der Waals surface area contributed by atoms with Crippen LogP contribution in [0.2, 0.25) is 0 Å². The van der Waals surface area contributed by atoms with E-state index < -0.39 is 17.2 Å². The first-order chi connectivity index (χ1) is 20.4. The van der Waals surface area contributed by atoms with Gasteiger partial charge in [-0.3, -0.25) is 4.90 Å². The number of likely N-dealkylation sites (tertiary alicyclic amines) is 2. The van der Waals surface area contributed by atoms with E-state index in [0.717, 1.165) is 24.8 Å². The van der Waals surface area contributed by atoms with Gasteiger partial charge in [-0.25, -0.2) is 33.5 Å². The summed E-state index contributed by atoms with van der Waals surface area (Å²) in [5.74, 6) is 0.690. The highest BCUT2D eigenvalue weighted by atomic mass is 19.1. The number of carbonyl (C=O) groups is 1. The van der Waals surface area contributed by atoms with Gasteiger partial charge in [0, 0.05) is 61.7 Å². The fraction of sp³-hybridized carbons (Fsp3) is 0.452. The highest BCUT2D eigenvalue weighted by Crippen LogP contribution is 2.35. The van der Waals surface area contributed by atoms with Gasteiger partial charge in [-0.1, -0.05) is 0 Å². The van der Waals surface area contributed by atoms with Crippen LogP contribution in [-0.2, 0) is 11.3 Å². The van der Waals surface area contributed by atoms with Crippen LogP contribution in [-0.4, -0.2) is 71.7 Å². The molecule has 0 aliphatic carbocycles. The standard InChI is InChI=1S/C31H36F2N8O2/c1-17(2)41-18(3)37-28-23(32)7-20(8-25(28)41)22-9-27(34-12-24(22)33)38-29-35-10-19(11-36-29)13-39-14-21-15-40(26(21)16-39)30(42)43-31(4,5)6/h7-12,17,21,26H,13-16H2,1-6H3,(H,34,35,36,38)/t21-,26-/m1/s1. The topological polar surface area (TPSA) is 101 Å². The van der Waals surface area contributed by atoms with Gasteiger partial charge in [0.05, 0.1) is 17.8 Å². The highest BCUT2D eigenvalue weighted by molar-refractivity contribution is 5.84. The second-order valence-electron chi connectivity index (χ2n) is 12.7. The Kier molecular flexibility index (Phi) is 7.27. The predicted octanol–water partition coefficient (Wildman–Crippen LogP) is 5.85. The summed E-state index contributed by atoms with van der Waals surface area (Å²) in [6.07, 6.45) is 4.32. The Hall–Kier alpha value is -4.19. The number of imidazole rings is 1. The zero-order valence-electron chi connectivity index (χ0n) is 25.2. The Morgan fingerprint density at radius 3 is 2.49 bits per heavy atom. The fourth-order valence-electron chi connectivity index (χ4n) is 6.06. The van der Waals surface area contributed by atoms with Crippen molar-refractivity contribution in [3.63, 3.8) is 0 Å². The molecule has 0 bridgehead atoms. The van der Waals surface area contributed by atoms with E-state index in [0.29, 0.717) is 47.7 Å². The maximum Gasteiger partial charge on any atom is 0.410 e. The number of rotatable bonds is 6. The third-order valence-corrected chi connectivity index (χ3v) is 7.90. The number of nitrogens with one attached hydrogen (secondary N) is 1. The minimum atomic E-state index is -0.572. The number of halogens is 2. The van der Waals surface area contributed by atoms with Crippen LogP contribution in [0.25, 0.3) is 22.2 Å². The van der Waals surface area contributed by atoms with Crippen LogP contribution in [0, 0.1) is 24.5 Å². The summed E-state index contributed by atoms with van der Waals surface area (Å²) in [7, 11) is 0. The van der Waals surface area contributed by atoms with Crippen molar-refractivity contribution in [3.05, 3.63) is 59.8 Å². The van der Waals surface area contributed by atoms with E-state index in [2.05, 4.69) is 30.2 Å². The van der Waals surface area contributed by atoms with Crippen molar-refractivity contribution in [2.24, 2.45) is 5.92 Å². The molecule has 3 aromatic heterocycles. The molecule has 5 heterocycles. The molecule has 2 saturated heterocycles. The Morgan fingerprint density at radius 2 is 1.79 bits per heavy atom. The monoisotopic (exact) mass is 590 g/mol. The largest absolute Gasteiger partial charge is 0.444 e. The second kappa shape index (κ2) is 10.8. The molecule has 2 aliphatic rings. The van der Waals surface area contributed by atoms with Gasteiger partial charge in [-0.05, 0) is 65.3 Å². The zero-order chi connectivity index (χ0) is 30.6. The minimum Gasteiger partial charge on any atom is -0.444 e. The summed E-state index contributed by atoms with van der Waals surface area (Å²) in [4.78, 5) is 33.9. The van der Waals surface area contributed by atoms with Gasteiger partial charge in [0.25, 0.3) is 0 Å². The van der Waals surface area contributed by atoms with Crippen molar-refractivity contribution in [1.82, 2.24) is 34.3 Å². The first-order valence-corrected chi connectivity index (χ1v) is 14.5. The van der Waals surface area contributed by atoms with Crippen molar-refractivity contribution in [1.29, 1.82) is 0 Å². The van der Waals surface area contributed by atoms with E-state index >= 15 is 4.39 Å². The number of ether oxygens (including phenoxy) is 1. The van der Waals surface area contributed by atoms with E-state index in [-0.39, 0.29) is 29.3 Å².